The van der Waals surface area contributed by atoms with E-state index in [1.807, 2.05) is 4.57 Å². The van der Waals surface area contributed by atoms with Crippen LogP contribution in [0.5, 0.6) is 0 Å². The van der Waals surface area contributed by atoms with Crippen LogP contribution < -0.4 is 5.32 Å². The molecule has 2 aromatic rings. The van der Waals surface area contributed by atoms with Crippen LogP contribution in [0, 0.1) is 0 Å². The molecular weight excluding hydrogens is 234 g/mol. The van der Waals surface area contributed by atoms with Crippen LogP contribution >= 0.6 is 0 Å². The maximum absolute atomic E-state index is 10.9. The van der Waals surface area contributed by atoms with Crippen molar-refractivity contribution in [1.29, 1.82) is 0 Å². The van der Waals surface area contributed by atoms with Crippen molar-refractivity contribution < 1.29 is 14.7 Å². The predicted molar refractivity (Wildman–Crippen MR) is 65.4 cm³/mol. The zero-order valence-electron chi connectivity index (χ0n) is 9.88. The smallest absolute Gasteiger partial charge is 0.335 e. The number of nitrogens with zero attached hydrogens (tertiary/aromatic N) is 2. The van der Waals surface area contributed by atoms with Crippen LogP contribution in [0.25, 0.3) is 11.0 Å². The first-order chi connectivity index (χ1) is 8.58. The molecule has 1 aromatic carbocycles. The van der Waals surface area contributed by atoms with Crippen molar-refractivity contribution in [3.8, 4) is 0 Å². The molecule has 1 amide bonds. The third-order valence-electron chi connectivity index (χ3n) is 2.59. The molecule has 0 fully saturated rings. The lowest BCUT2D eigenvalue weighted by molar-refractivity contribution is -0.118. The molecule has 0 radical (unpaired) electrons. The highest BCUT2D eigenvalue weighted by Gasteiger charge is 2.07. The van der Waals surface area contributed by atoms with Crippen molar-refractivity contribution in [1.82, 2.24) is 14.9 Å². The Balaban J connectivity index is 2.25. The number of aromatic nitrogens is 2. The molecule has 94 valence electrons. The summed E-state index contributed by atoms with van der Waals surface area (Å²) in [6.45, 7) is 2.49. The van der Waals surface area contributed by atoms with Crippen LogP contribution in [0.3, 0.4) is 0 Å². The van der Waals surface area contributed by atoms with Crippen LogP contribution in [0.2, 0.25) is 0 Å². The minimum Gasteiger partial charge on any atom is -0.478 e. The lowest BCUT2D eigenvalue weighted by atomic mass is 10.2. The molecule has 0 aliphatic rings. The molecule has 0 saturated heterocycles. The van der Waals surface area contributed by atoms with E-state index < -0.39 is 5.97 Å². The molecule has 0 aliphatic heterocycles. The summed E-state index contributed by atoms with van der Waals surface area (Å²) in [6.07, 6.45) is 1.64. The summed E-state index contributed by atoms with van der Waals surface area (Å²) in [5.74, 6) is -1.06. The Morgan fingerprint density at radius 2 is 2.22 bits per heavy atom. The molecule has 2 N–H and O–H groups in total. The highest BCUT2D eigenvalue weighted by Crippen LogP contribution is 2.14. The van der Waals surface area contributed by atoms with Crippen LogP contribution in [0.1, 0.15) is 17.3 Å². The van der Waals surface area contributed by atoms with Crippen LogP contribution in [0.4, 0.5) is 0 Å². The number of imidazole rings is 1. The lowest BCUT2D eigenvalue weighted by Gasteiger charge is -2.05. The normalized spacial score (nSPS) is 10.5. The molecule has 1 aromatic heterocycles. The van der Waals surface area contributed by atoms with Crippen molar-refractivity contribution in [3.05, 3.63) is 30.1 Å². The number of carboxylic acid groups (broad SMARTS) is 1. The van der Waals surface area contributed by atoms with Gasteiger partial charge < -0.3 is 15.0 Å². The van der Waals surface area contributed by atoms with E-state index in [4.69, 9.17) is 5.11 Å². The Hall–Kier alpha value is -2.37. The number of benzene rings is 1. The number of fused-ring (bicyclic) bond motifs is 1. The zero-order valence-corrected chi connectivity index (χ0v) is 9.88. The number of amides is 1. The SMILES string of the molecule is CC(=O)NCCn1cnc2ccc(C(=O)O)cc21. The summed E-state index contributed by atoms with van der Waals surface area (Å²) in [6, 6.07) is 4.78. The summed E-state index contributed by atoms with van der Waals surface area (Å²) in [7, 11) is 0. The van der Waals surface area contributed by atoms with Gasteiger partial charge in [0.05, 0.1) is 22.9 Å². The lowest BCUT2D eigenvalue weighted by Crippen LogP contribution is -2.24. The fourth-order valence-corrected chi connectivity index (χ4v) is 1.72. The van der Waals surface area contributed by atoms with Gasteiger partial charge in [0, 0.05) is 20.0 Å². The minimum atomic E-state index is -0.966. The summed E-state index contributed by atoms with van der Waals surface area (Å²) in [5.41, 5.74) is 1.71. The second-order valence-corrected chi connectivity index (χ2v) is 3.93. The summed E-state index contributed by atoms with van der Waals surface area (Å²) in [4.78, 5) is 25.8. The fourth-order valence-electron chi connectivity index (χ4n) is 1.72. The second-order valence-electron chi connectivity index (χ2n) is 3.93. The molecule has 6 nitrogen and oxygen atoms in total. The fraction of sp³-hybridized carbons (Fsp3) is 0.250. The van der Waals surface area contributed by atoms with Gasteiger partial charge in [-0.05, 0) is 18.2 Å². The van der Waals surface area contributed by atoms with Crippen molar-refractivity contribution in [2.24, 2.45) is 0 Å². The molecule has 2 rings (SSSR count). The number of hydrogen-bond donors (Lipinski definition) is 2. The summed E-state index contributed by atoms with van der Waals surface area (Å²) < 4.78 is 1.82. The maximum atomic E-state index is 10.9. The van der Waals surface area contributed by atoms with Crippen molar-refractivity contribution in [2.45, 2.75) is 13.5 Å². The molecule has 0 saturated carbocycles. The Kier molecular flexibility index (Phi) is 3.27. The first kappa shape index (κ1) is 12.1. The van der Waals surface area contributed by atoms with Crippen LogP contribution in [-0.4, -0.2) is 33.1 Å². The molecule has 0 bridgehead atoms. The molecule has 0 atom stereocenters. The Labute approximate surface area is 103 Å². The topological polar surface area (TPSA) is 84.2 Å². The molecule has 18 heavy (non-hydrogen) atoms. The molecular formula is C12H13N3O3. The van der Waals surface area contributed by atoms with E-state index in [0.717, 1.165) is 11.0 Å². The van der Waals surface area contributed by atoms with Gasteiger partial charge in [-0.1, -0.05) is 0 Å². The number of carbonyl (C=O) groups is 2. The van der Waals surface area contributed by atoms with Gasteiger partial charge >= 0.3 is 5.97 Å². The van der Waals surface area contributed by atoms with Gasteiger partial charge in [-0.3, -0.25) is 4.79 Å². The van der Waals surface area contributed by atoms with Crippen molar-refractivity contribution in [3.63, 3.8) is 0 Å². The van der Waals surface area contributed by atoms with E-state index >= 15 is 0 Å². The number of rotatable bonds is 4. The van der Waals surface area contributed by atoms with E-state index in [0.29, 0.717) is 13.1 Å². The van der Waals surface area contributed by atoms with E-state index in [2.05, 4.69) is 10.3 Å². The van der Waals surface area contributed by atoms with E-state index in [9.17, 15) is 9.59 Å². The van der Waals surface area contributed by atoms with Gasteiger partial charge in [0.15, 0.2) is 0 Å². The molecule has 6 heteroatoms. The van der Waals surface area contributed by atoms with Gasteiger partial charge in [0.25, 0.3) is 0 Å². The van der Waals surface area contributed by atoms with Gasteiger partial charge in [-0.15, -0.1) is 0 Å². The van der Waals surface area contributed by atoms with Gasteiger partial charge in [0.1, 0.15) is 0 Å². The molecule has 0 aliphatic carbocycles. The molecule has 0 unspecified atom stereocenters. The Morgan fingerprint density at radius 3 is 2.89 bits per heavy atom. The largest absolute Gasteiger partial charge is 0.478 e. The molecule has 1 heterocycles. The average Bonchev–Trinajstić information content (AvgIpc) is 2.71. The third kappa shape index (κ3) is 2.48. The molecule has 0 spiro atoms. The van der Waals surface area contributed by atoms with Crippen molar-refractivity contribution in [2.75, 3.05) is 6.54 Å². The predicted octanol–water partition coefficient (Wildman–Crippen LogP) is 0.871. The number of carbonyl (C=O) groups excluding carboxylic acids is 1. The minimum absolute atomic E-state index is 0.0920. The highest BCUT2D eigenvalue weighted by atomic mass is 16.4. The summed E-state index contributed by atoms with van der Waals surface area (Å²) >= 11 is 0. The average molecular weight is 247 g/mol. The second kappa shape index (κ2) is 4.87. The van der Waals surface area contributed by atoms with Gasteiger partial charge in [-0.2, -0.15) is 0 Å². The summed E-state index contributed by atoms with van der Waals surface area (Å²) in [5, 5.41) is 11.6. The number of carboxylic acids is 1. The monoisotopic (exact) mass is 247 g/mol. The highest BCUT2D eigenvalue weighted by molar-refractivity contribution is 5.92. The Morgan fingerprint density at radius 1 is 1.44 bits per heavy atom. The number of aromatic carboxylic acids is 1. The first-order valence-electron chi connectivity index (χ1n) is 5.50. The quantitative estimate of drug-likeness (QED) is 0.839. The van der Waals surface area contributed by atoms with Crippen LogP contribution in [0.15, 0.2) is 24.5 Å². The Bertz CT molecular complexity index is 604. The standard InChI is InChI=1S/C12H13N3O3/c1-8(16)13-4-5-15-7-14-10-3-2-9(12(17)18)6-11(10)15/h2-3,6-7H,4-5H2,1H3,(H,13,16)(H,17,18). The van der Waals surface area contributed by atoms with Gasteiger partial charge in [0.2, 0.25) is 5.91 Å². The number of nitrogens with one attached hydrogen (secondary N) is 1. The van der Waals surface area contributed by atoms with E-state index in [1.165, 1.54) is 13.0 Å². The van der Waals surface area contributed by atoms with Crippen molar-refractivity contribution >= 4 is 22.9 Å². The van der Waals surface area contributed by atoms with E-state index in [1.54, 1.807) is 18.5 Å². The third-order valence-corrected chi connectivity index (χ3v) is 2.59. The first-order valence-corrected chi connectivity index (χ1v) is 5.50. The van der Waals surface area contributed by atoms with E-state index in [-0.39, 0.29) is 11.5 Å². The zero-order chi connectivity index (χ0) is 13.1. The maximum Gasteiger partial charge on any atom is 0.335 e. The van der Waals surface area contributed by atoms with Crippen LogP contribution in [-0.2, 0) is 11.3 Å². The number of hydrogen-bond acceptors (Lipinski definition) is 3. The van der Waals surface area contributed by atoms with Gasteiger partial charge in [-0.25, -0.2) is 9.78 Å².